The van der Waals surface area contributed by atoms with Crippen LogP contribution in [0.1, 0.15) is 57.8 Å². The summed E-state index contributed by atoms with van der Waals surface area (Å²) in [6, 6.07) is 0.0317. The normalized spacial score (nSPS) is 28.3. The molecule has 1 saturated carbocycles. The summed E-state index contributed by atoms with van der Waals surface area (Å²) < 4.78 is 26.2. The zero-order chi connectivity index (χ0) is 12.3. The average molecular weight is 243 g/mol. The highest BCUT2D eigenvalue weighted by atomic mass is 19.3. The van der Waals surface area contributed by atoms with Crippen molar-refractivity contribution in [3.8, 4) is 0 Å². The zero-order valence-corrected chi connectivity index (χ0v) is 10.4. The Balaban J connectivity index is 1.91. The van der Waals surface area contributed by atoms with Crippen molar-refractivity contribution in [2.45, 2.75) is 69.8 Å². The van der Waals surface area contributed by atoms with Crippen molar-refractivity contribution in [3.63, 3.8) is 0 Å². The molecule has 0 saturated heterocycles. The quantitative estimate of drug-likeness (QED) is 0.728. The van der Waals surface area contributed by atoms with Gasteiger partial charge in [-0.05, 0) is 44.4 Å². The van der Waals surface area contributed by atoms with Crippen LogP contribution in [0.2, 0.25) is 0 Å². The summed E-state index contributed by atoms with van der Waals surface area (Å²) in [5, 5.41) is 0. The molecule has 2 N–H and O–H groups in total. The lowest BCUT2D eigenvalue weighted by molar-refractivity contribution is -0.0471. The van der Waals surface area contributed by atoms with Crippen LogP contribution in [0.3, 0.4) is 0 Å². The summed E-state index contributed by atoms with van der Waals surface area (Å²) in [6.45, 7) is 0. The van der Waals surface area contributed by atoms with Gasteiger partial charge in [0.15, 0.2) is 0 Å². The van der Waals surface area contributed by atoms with Crippen molar-refractivity contribution in [2.75, 3.05) is 0 Å². The summed E-state index contributed by atoms with van der Waals surface area (Å²) in [5.41, 5.74) is 7.60. The molecule has 1 unspecified atom stereocenters. The van der Waals surface area contributed by atoms with Gasteiger partial charge in [-0.3, -0.25) is 0 Å². The van der Waals surface area contributed by atoms with E-state index in [2.05, 4.69) is 6.08 Å². The summed E-state index contributed by atoms with van der Waals surface area (Å²) >= 11 is 0. The minimum absolute atomic E-state index is 0.0264. The summed E-state index contributed by atoms with van der Waals surface area (Å²) in [7, 11) is 0. The SMILES string of the molecule is NC(C1=CCCCCC1)C1CCC(F)(F)CC1. The van der Waals surface area contributed by atoms with Crippen molar-refractivity contribution in [2.24, 2.45) is 11.7 Å². The summed E-state index contributed by atoms with van der Waals surface area (Å²) in [6.07, 6.45) is 9.43. The summed E-state index contributed by atoms with van der Waals surface area (Å²) in [4.78, 5) is 0. The van der Waals surface area contributed by atoms with Gasteiger partial charge in [0.2, 0.25) is 5.92 Å². The van der Waals surface area contributed by atoms with Crippen LogP contribution in [0, 0.1) is 5.92 Å². The molecule has 0 aromatic carbocycles. The fraction of sp³-hybridized carbons (Fsp3) is 0.857. The Bertz CT molecular complexity index is 276. The highest BCUT2D eigenvalue weighted by Gasteiger charge is 2.37. The monoisotopic (exact) mass is 243 g/mol. The third kappa shape index (κ3) is 3.51. The maximum Gasteiger partial charge on any atom is 0.248 e. The second kappa shape index (κ2) is 5.47. The Kier molecular flexibility index (Phi) is 4.18. The van der Waals surface area contributed by atoms with Crippen molar-refractivity contribution >= 4 is 0 Å². The lowest BCUT2D eigenvalue weighted by Gasteiger charge is -2.33. The number of halogens is 2. The van der Waals surface area contributed by atoms with E-state index in [0.29, 0.717) is 12.8 Å². The Labute approximate surface area is 102 Å². The Hall–Kier alpha value is -0.440. The molecule has 0 aromatic rings. The molecular weight excluding hydrogens is 220 g/mol. The fourth-order valence-corrected chi connectivity index (χ4v) is 3.07. The first kappa shape index (κ1) is 13.0. The van der Waals surface area contributed by atoms with E-state index in [1.165, 1.54) is 24.8 Å². The van der Waals surface area contributed by atoms with Crippen LogP contribution in [0.4, 0.5) is 8.78 Å². The van der Waals surface area contributed by atoms with Gasteiger partial charge in [-0.1, -0.05) is 18.1 Å². The minimum Gasteiger partial charge on any atom is -0.324 e. The van der Waals surface area contributed by atoms with Crippen LogP contribution < -0.4 is 5.73 Å². The molecule has 17 heavy (non-hydrogen) atoms. The molecule has 0 radical (unpaired) electrons. The van der Waals surface area contributed by atoms with Gasteiger partial charge in [-0.15, -0.1) is 0 Å². The number of nitrogens with two attached hydrogens (primary N) is 1. The summed E-state index contributed by atoms with van der Waals surface area (Å²) in [5.74, 6) is -2.16. The van der Waals surface area contributed by atoms with E-state index in [4.69, 9.17) is 5.73 Å². The van der Waals surface area contributed by atoms with E-state index in [-0.39, 0.29) is 24.8 Å². The lowest BCUT2D eigenvalue weighted by Crippen LogP contribution is -2.37. The van der Waals surface area contributed by atoms with Crippen LogP contribution in [0.5, 0.6) is 0 Å². The first-order valence-corrected chi connectivity index (χ1v) is 6.91. The number of hydrogen-bond donors (Lipinski definition) is 1. The third-order valence-corrected chi connectivity index (χ3v) is 4.27. The molecule has 0 bridgehead atoms. The molecule has 2 aliphatic carbocycles. The fourth-order valence-electron chi connectivity index (χ4n) is 3.07. The van der Waals surface area contributed by atoms with Crippen LogP contribution >= 0.6 is 0 Å². The van der Waals surface area contributed by atoms with Gasteiger partial charge in [-0.25, -0.2) is 8.78 Å². The van der Waals surface area contributed by atoms with E-state index >= 15 is 0 Å². The van der Waals surface area contributed by atoms with Gasteiger partial charge < -0.3 is 5.73 Å². The van der Waals surface area contributed by atoms with Crippen molar-refractivity contribution < 1.29 is 8.78 Å². The molecule has 0 spiro atoms. The van der Waals surface area contributed by atoms with Gasteiger partial charge in [0.05, 0.1) is 0 Å². The minimum atomic E-state index is -2.44. The molecule has 0 aliphatic heterocycles. The largest absolute Gasteiger partial charge is 0.324 e. The third-order valence-electron chi connectivity index (χ3n) is 4.27. The van der Waals surface area contributed by atoms with E-state index in [1.807, 2.05) is 0 Å². The standard InChI is InChI=1S/C14H23F2N/c15-14(16)9-7-12(8-10-14)13(17)11-5-3-1-2-4-6-11/h5,12-13H,1-4,6-10,17H2. The first-order chi connectivity index (χ1) is 8.08. The van der Waals surface area contributed by atoms with Crippen molar-refractivity contribution in [1.29, 1.82) is 0 Å². The topological polar surface area (TPSA) is 26.0 Å². The molecule has 3 heteroatoms. The molecule has 2 rings (SSSR count). The predicted octanol–water partition coefficient (Wildman–Crippen LogP) is 4.03. The smallest absolute Gasteiger partial charge is 0.248 e. The molecule has 1 fully saturated rings. The predicted molar refractivity (Wildman–Crippen MR) is 66.0 cm³/mol. The Morgan fingerprint density at radius 1 is 1.18 bits per heavy atom. The maximum absolute atomic E-state index is 13.1. The zero-order valence-electron chi connectivity index (χ0n) is 10.4. The molecule has 1 nitrogen and oxygen atoms in total. The molecule has 0 amide bonds. The van der Waals surface area contributed by atoms with Crippen LogP contribution in [-0.4, -0.2) is 12.0 Å². The van der Waals surface area contributed by atoms with Crippen LogP contribution in [-0.2, 0) is 0 Å². The molecule has 0 heterocycles. The Morgan fingerprint density at radius 2 is 1.88 bits per heavy atom. The highest BCUT2D eigenvalue weighted by Crippen LogP contribution is 2.39. The van der Waals surface area contributed by atoms with Gasteiger partial charge in [0.1, 0.15) is 0 Å². The van der Waals surface area contributed by atoms with E-state index < -0.39 is 5.92 Å². The van der Waals surface area contributed by atoms with Gasteiger partial charge in [-0.2, -0.15) is 0 Å². The maximum atomic E-state index is 13.1. The number of rotatable bonds is 2. The Morgan fingerprint density at radius 3 is 2.59 bits per heavy atom. The number of allylic oxidation sites excluding steroid dienone is 1. The molecule has 98 valence electrons. The van der Waals surface area contributed by atoms with Gasteiger partial charge in [0.25, 0.3) is 0 Å². The highest BCUT2D eigenvalue weighted by molar-refractivity contribution is 5.13. The number of hydrogen-bond acceptors (Lipinski definition) is 1. The lowest BCUT2D eigenvalue weighted by atomic mass is 9.79. The second-order valence-electron chi connectivity index (χ2n) is 5.60. The van der Waals surface area contributed by atoms with E-state index in [0.717, 1.165) is 12.8 Å². The first-order valence-electron chi connectivity index (χ1n) is 6.91. The van der Waals surface area contributed by atoms with Crippen LogP contribution in [0.25, 0.3) is 0 Å². The second-order valence-corrected chi connectivity index (χ2v) is 5.60. The van der Waals surface area contributed by atoms with Gasteiger partial charge >= 0.3 is 0 Å². The van der Waals surface area contributed by atoms with E-state index in [1.54, 1.807) is 0 Å². The number of alkyl halides is 2. The average Bonchev–Trinajstić information content (AvgIpc) is 2.56. The van der Waals surface area contributed by atoms with Gasteiger partial charge in [0, 0.05) is 18.9 Å². The molecule has 1 atom stereocenters. The molecular formula is C14H23F2N. The van der Waals surface area contributed by atoms with Crippen molar-refractivity contribution in [1.82, 2.24) is 0 Å². The van der Waals surface area contributed by atoms with E-state index in [9.17, 15) is 8.78 Å². The molecule has 2 aliphatic rings. The van der Waals surface area contributed by atoms with Crippen LogP contribution in [0.15, 0.2) is 11.6 Å². The molecule has 0 aromatic heterocycles. The van der Waals surface area contributed by atoms with Crippen molar-refractivity contribution in [3.05, 3.63) is 11.6 Å².